The van der Waals surface area contributed by atoms with Gasteiger partial charge in [-0.1, -0.05) is 6.92 Å². The average molecular weight is 216 g/mol. The first-order chi connectivity index (χ1) is 6.85. The summed E-state index contributed by atoms with van der Waals surface area (Å²) in [5.74, 6) is 0.215. The second kappa shape index (κ2) is 6.83. The van der Waals surface area contributed by atoms with Crippen molar-refractivity contribution < 1.29 is 14.3 Å². The highest BCUT2D eigenvalue weighted by Crippen LogP contribution is 2.12. The minimum Gasteiger partial charge on any atom is -0.466 e. The lowest BCUT2D eigenvalue weighted by Crippen LogP contribution is -2.21. The van der Waals surface area contributed by atoms with Gasteiger partial charge < -0.3 is 9.47 Å². The van der Waals surface area contributed by atoms with Gasteiger partial charge >= 0.3 is 5.97 Å². The molecule has 15 heavy (non-hydrogen) atoms. The highest BCUT2D eigenvalue weighted by atomic mass is 16.5. The van der Waals surface area contributed by atoms with Crippen molar-refractivity contribution in [3.05, 3.63) is 0 Å². The molecule has 0 saturated carbocycles. The maximum absolute atomic E-state index is 11.2. The standard InChI is InChI=1S/C12H24O3/c1-6-14-11(13)9-10(2)7-8-15-12(3,4)5/h10H,6-9H2,1-5H3. The van der Waals surface area contributed by atoms with Gasteiger partial charge in [-0.05, 0) is 40.0 Å². The fourth-order valence-corrected chi connectivity index (χ4v) is 1.17. The quantitative estimate of drug-likeness (QED) is 0.640. The zero-order valence-electron chi connectivity index (χ0n) is 10.6. The van der Waals surface area contributed by atoms with Crippen LogP contribution in [0.3, 0.4) is 0 Å². The van der Waals surface area contributed by atoms with E-state index in [4.69, 9.17) is 9.47 Å². The van der Waals surface area contributed by atoms with Crippen LogP contribution in [0.5, 0.6) is 0 Å². The molecule has 0 aliphatic carbocycles. The molecule has 0 N–H and O–H groups in total. The van der Waals surface area contributed by atoms with E-state index >= 15 is 0 Å². The Hall–Kier alpha value is -0.570. The van der Waals surface area contributed by atoms with Crippen molar-refractivity contribution in [1.82, 2.24) is 0 Å². The summed E-state index contributed by atoms with van der Waals surface area (Å²) < 4.78 is 10.5. The predicted molar refractivity (Wildman–Crippen MR) is 60.7 cm³/mol. The summed E-state index contributed by atoms with van der Waals surface area (Å²) in [6.45, 7) is 11.1. The molecule has 0 saturated heterocycles. The molecule has 0 rings (SSSR count). The Labute approximate surface area is 93.1 Å². The van der Waals surface area contributed by atoms with E-state index < -0.39 is 0 Å². The van der Waals surface area contributed by atoms with E-state index in [1.54, 1.807) is 0 Å². The SMILES string of the molecule is CCOC(=O)CC(C)CCOC(C)(C)C. The Bertz CT molecular complexity index is 182. The molecule has 0 aliphatic heterocycles. The van der Waals surface area contributed by atoms with Crippen LogP contribution in [0.4, 0.5) is 0 Å². The third-order valence-electron chi connectivity index (χ3n) is 1.97. The fraction of sp³-hybridized carbons (Fsp3) is 0.917. The maximum Gasteiger partial charge on any atom is 0.306 e. The van der Waals surface area contributed by atoms with Crippen molar-refractivity contribution in [2.75, 3.05) is 13.2 Å². The van der Waals surface area contributed by atoms with Gasteiger partial charge in [0.2, 0.25) is 0 Å². The molecular weight excluding hydrogens is 192 g/mol. The zero-order valence-corrected chi connectivity index (χ0v) is 10.6. The highest BCUT2D eigenvalue weighted by molar-refractivity contribution is 5.69. The van der Waals surface area contributed by atoms with Gasteiger partial charge in [0, 0.05) is 13.0 Å². The van der Waals surface area contributed by atoms with Gasteiger partial charge in [-0.3, -0.25) is 4.79 Å². The van der Waals surface area contributed by atoms with E-state index in [1.165, 1.54) is 0 Å². The summed E-state index contributed by atoms with van der Waals surface area (Å²) in [5, 5.41) is 0. The molecule has 0 radical (unpaired) electrons. The molecule has 0 bridgehead atoms. The van der Waals surface area contributed by atoms with Gasteiger partial charge in [0.15, 0.2) is 0 Å². The van der Waals surface area contributed by atoms with Gasteiger partial charge in [-0.2, -0.15) is 0 Å². The molecule has 1 unspecified atom stereocenters. The number of hydrogen-bond acceptors (Lipinski definition) is 3. The van der Waals surface area contributed by atoms with Crippen LogP contribution in [0.2, 0.25) is 0 Å². The van der Waals surface area contributed by atoms with Crippen LogP contribution in [0.15, 0.2) is 0 Å². The van der Waals surface area contributed by atoms with Crippen molar-refractivity contribution in [2.24, 2.45) is 5.92 Å². The summed E-state index contributed by atoms with van der Waals surface area (Å²) in [7, 11) is 0. The van der Waals surface area contributed by atoms with Crippen molar-refractivity contribution >= 4 is 5.97 Å². The number of esters is 1. The first kappa shape index (κ1) is 14.4. The number of rotatable bonds is 6. The molecule has 0 spiro atoms. The van der Waals surface area contributed by atoms with E-state index in [0.717, 1.165) is 6.42 Å². The summed E-state index contributed by atoms with van der Waals surface area (Å²) in [4.78, 5) is 11.2. The van der Waals surface area contributed by atoms with Crippen molar-refractivity contribution in [1.29, 1.82) is 0 Å². The molecule has 3 heteroatoms. The monoisotopic (exact) mass is 216 g/mol. The molecule has 3 nitrogen and oxygen atoms in total. The van der Waals surface area contributed by atoms with Crippen molar-refractivity contribution in [3.8, 4) is 0 Å². The fourth-order valence-electron chi connectivity index (χ4n) is 1.17. The number of hydrogen-bond donors (Lipinski definition) is 0. The normalized spacial score (nSPS) is 13.7. The van der Waals surface area contributed by atoms with Crippen LogP contribution < -0.4 is 0 Å². The second-order valence-electron chi connectivity index (χ2n) is 4.86. The predicted octanol–water partition coefficient (Wildman–Crippen LogP) is 2.78. The van der Waals surface area contributed by atoms with Crippen LogP contribution in [-0.4, -0.2) is 24.8 Å². The Morgan fingerprint density at radius 1 is 1.33 bits per heavy atom. The molecule has 0 aromatic heterocycles. The van der Waals surface area contributed by atoms with Crippen molar-refractivity contribution in [2.45, 2.75) is 53.1 Å². The molecule has 1 atom stereocenters. The third-order valence-corrected chi connectivity index (χ3v) is 1.97. The molecule has 90 valence electrons. The van der Waals surface area contributed by atoms with Crippen molar-refractivity contribution in [3.63, 3.8) is 0 Å². The summed E-state index contributed by atoms with van der Waals surface area (Å²) in [5.41, 5.74) is -0.0936. The molecule has 0 aromatic rings. The minimum atomic E-state index is -0.110. The van der Waals surface area contributed by atoms with E-state index in [2.05, 4.69) is 0 Å². The van der Waals surface area contributed by atoms with Gasteiger partial charge in [-0.25, -0.2) is 0 Å². The minimum absolute atomic E-state index is 0.0936. The Balaban J connectivity index is 3.57. The number of carbonyl (C=O) groups is 1. The lowest BCUT2D eigenvalue weighted by Gasteiger charge is -2.20. The van der Waals surface area contributed by atoms with Gasteiger partial charge in [0.1, 0.15) is 0 Å². The molecule has 0 amide bonds. The van der Waals surface area contributed by atoms with E-state index in [-0.39, 0.29) is 11.6 Å². The van der Waals surface area contributed by atoms with Crippen LogP contribution in [0, 0.1) is 5.92 Å². The van der Waals surface area contributed by atoms with E-state index in [1.807, 2.05) is 34.6 Å². The lowest BCUT2D eigenvalue weighted by atomic mass is 10.0. The van der Waals surface area contributed by atoms with Crippen LogP contribution >= 0.6 is 0 Å². The van der Waals surface area contributed by atoms with Crippen LogP contribution in [0.25, 0.3) is 0 Å². The molecule has 0 heterocycles. The van der Waals surface area contributed by atoms with Gasteiger partial charge in [0.05, 0.1) is 12.2 Å². The Morgan fingerprint density at radius 3 is 2.40 bits per heavy atom. The summed E-state index contributed by atoms with van der Waals surface area (Å²) in [6.07, 6.45) is 1.39. The average Bonchev–Trinajstić information content (AvgIpc) is 2.01. The van der Waals surface area contributed by atoms with Gasteiger partial charge in [-0.15, -0.1) is 0 Å². The first-order valence-electron chi connectivity index (χ1n) is 5.64. The number of carbonyl (C=O) groups excluding carboxylic acids is 1. The molecule has 0 fully saturated rings. The Morgan fingerprint density at radius 2 is 1.93 bits per heavy atom. The largest absolute Gasteiger partial charge is 0.466 e. The van der Waals surface area contributed by atoms with Crippen LogP contribution in [0.1, 0.15) is 47.5 Å². The number of ether oxygens (including phenoxy) is 2. The summed E-state index contributed by atoms with van der Waals surface area (Å²) in [6, 6.07) is 0. The second-order valence-corrected chi connectivity index (χ2v) is 4.86. The smallest absolute Gasteiger partial charge is 0.306 e. The first-order valence-corrected chi connectivity index (χ1v) is 5.64. The lowest BCUT2D eigenvalue weighted by molar-refractivity contribution is -0.144. The molecule has 0 aromatic carbocycles. The van der Waals surface area contributed by atoms with E-state index in [9.17, 15) is 4.79 Å². The topological polar surface area (TPSA) is 35.5 Å². The van der Waals surface area contributed by atoms with Crippen LogP contribution in [-0.2, 0) is 14.3 Å². The van der Waals surface area contributed by atoms with Gasteiger partial charge in [0.25, 0.3) is 0 Å². The molecule has 0 aliphatic rings. The van der Waals surface area contributed by atoms with E-state index in [0.29, 0.717) is 25.6 Å². The Kier molecular flexibility index (Phi) is 6.57. The summed E-state index contributed by atoms with van der Waals surface area (Å²) >= 11 is 0. The highest BCUT2D eigenvalue weighted by Gasteiger charge is 2.13. The third kappa shape index (κ3) is 9.73. The zero-order chi connectivity index (χ0) is 11.9. The maximum atomic E-state index is 11.2. The molecular formula is C12H24O3.